The monoisotopic (exact) mass is 248 g/mol. The van der Waals surface area contributed by atoms with Crippen LogP contribution in [0.15, 0.2) is 0 Å². The van der Waals surface area contributed by atoms with Crippen molar-refractivity contribution in [3.05, 3.63) is 0 Å². The molecule has 0 aromatic heterocycles. The molecule has 18 heavy (non-hydrogen) atoms. The number of hydrogen-bond donors (Lipinski definition) is 0. The van der Waals surface area contributed by atoms with Crippen LogP contribution in [-0.4, -0.2) is 0 Å². The molecule has 0 N–H and O–H groups in total. The molecule has 1 rings (SSSR count). The third-order valence-electron chi connectivity index (χ3n) is 4.79. The van der Waals surface area contributed by atoms with Crippen molar-refractivity contribution in [2.24, 2.45) is 22.2 Å². The van der Waals surface area contributed by atoms with Crippen LogP contribution in [0, 0.1) is 46.3 Å². The van der Waals surface area contributed by atoms with E-state index in [0.29, 0.717) is 11.3 Å². The van der Waals surface area contributed by atoms with Crippen molar-refractivity contribution in [2.45, 2.75) is 69.2 Å². The zero-order valence-electron chi connectivity index (χ0n) is 11.6. The molecule has 0 amide bonds. The second-order valence-corrected chi connectivity index (χ2v) is 6.45. The van der Waals surface area contributed by atoms with Crippen LogP contribution < -0.4 is 0 Å². The van der Waals surface area contributed by atoms with Gasteiger partial charge in [-0.05, 0) is 44.9 Å². The summed E-state index contributed by atoms with van der Waals surface area (Å²) in [6, 6.07) is 0. The smallest absolute Gasteiger partial charge is 0.0451 e. The predicted octanol–water partition coefficient (Wildman–Crippen LogP) is 5.38. The van der Waals surface area contributed by atoms with E-state index in [9.17, 15) is 0 Å². The Kier molecular flexibility index (Phi) is 6.31. The molecule has 104 valence electrons. The van der Waals surface area contributed by atoms with Crippen LogP contribution in [0.4, 0.5) is 0 Å². The average molecular weight is 248 g/mol. The molecular formula is C18H32. The average Bonchev–Trinajstić information content (AvgIpc) is 2.15. The van der Waals surface area contributed by atoms with E-state index in [1.165, 1.54) is 0 Å². The fraction of sp³-hybridized carbons (Fsp3) is 0.778. The summed E-state index contributed by atoms with van der Waals surface area (Å²) in [4.78, 5) is 0. The van der Waals surface area contributed by atoms with Crippen molar-refractivity contribution >= 4 is 0 Å². The van der Waals surface area contributed by atoms with E-state index in [2.05, 4.69) is 52.4 Å². The van der Waals surface area contributed by atoms with E-state index in [0.717, 1.165) is 12.8 Å². The van der Waals surface area contributed by atoms with Gasteiger partial charge in [-0.2, -0.15) is 0 Å². The van der Waals surface area contributed by atoms with Crippen LogP contribution in [0.25, 0.3) is 0 Å². The molecule has 0 nitrogen and oxygen atoms in total. The predicted molar refractivity (Wildman–Crippen MR) is 84.1 cm³/mol. The van der Waals surface area contributed by atoms with Crippen molar-refractivity contribution in [3.8, 4) is 24.2 Å². The van der Waals surface area contributed by atoms with Gasteiger partial charge in [-0.25, -0.2) is 0 Å². The van der Waals surface area contributed by atoms with Crippen molar-refractivity contribution in [2.75, 3.05) is 0 Å². The van der Waals surface area contributed by atoms with Gasteiger partial charge in [-0.1, -0.05) is 47.5 Å². The summed E-state index contributed by atoms with van der Waals surface area (Å²) in [5, 5.41) is 0. The minimum Gasteiger partial charge on any atom is -0.119 e. The Morgan fingerprint density at radius 3 is 1.94 bits per heavy atom. The highest BCUT2D eigenvalue weighted by Crippen LogP contribution is 2.58. The van der Waals surface area contributed by atoms with Crippen molar-refractivity contribution in [3.63, 3.8) is 0 Å². The van der Waals surface area contributed by atoms with Gasteiger partial charge in [-0.3, -0.25) is 0 Å². The molecule has 1 fully saturated rings. The van der Waals surface area contributed by atoms with Crippen LogP contribution in [-0.2, 0) is 0 Å². The van der Waals surface area contributed by atoms with Gasteiger partial charge in [0.25, 0.3) is 0 Å². The van der Waals surface area contributed by atoms with Crippen LogP contribution in [0.3, 0.4) is 0 Å². The second-order valence-electron chi connectivity index (χ2n) is 6.45. The maximum Gasteiger partial charge on any atom is 0.0451 e. The van der Waals surface area contributed by atoms with Gasteiger partial charge in [0.05, 0.1) is 0 Å². The van der Waals surface area contributed by atoms with Gasteiger partial charge in [0.15, 0.2) is 0 Å². The molecule has 0 aromatic rings. The first-order valence-electron chi connectivity index (χ1n) is 6.12. The molecule has 1 aliphatic carbocycles. The summed E-state index contributed by atoms with van der Waals surface area (Å²) >= 11 is 0. The van der Waals surface area contributed by atoms with Crippen molar-refractivity contribution < 1.29 is 0 Å². The standard InChI is InChI=1S/C16H24.2CH4/c1-8-10-16(7)11-13(3)14(4,5)12-15(16,6)9-2;;/h2,13H,11-12H2,1,3-7H3;2*1H4. The minimum absolute atomic E-state index is 0. The Morgan fingerprint density at radius 1 is 1.06 bits per heavy atom. The molecule has 0 spiro atoms. The van der Waals surface area contributed by atoms with E-state index in [4.69, 9.17) is 6.42 Å². The lowest BCUT2D eigenvalue weighted by Crippen LogP contribution is -2.48. The summed E-state index contributed by atoms with van der Waals surface area (Å²) in [6.45, 7) is 13.3. The van der Waals surface area contributed by atoms with Crippen molar-refractivity contribution in [1.29, 1.82) is 0 Å². The third-order valence-corrected chi connectivity index (χ3v) is 4.79. The summed E-state index contributed by atoms with van der Waals surface area (Å²) in [7, 11) is 0. The number of terminal acetylenes is 1. The highest BCUT2D eigenvalue weighted by Gasteiger charge is 2.52. The highest BCUT2D eigenvalue weighted by molar-refractivity contribution is 5.26. The Bertz CT molecular complexity index is 371. The van der Waals surface area contributed by atoms with E-state index in [-0.39, 0.29) is 25.7 Å². The van der Waals surface area contributed by atoms with Gasteiger partial charge in [0.1, 0.15) is 0 Å². The van der Waals surface area contributed by atoms with Crippen LogP contribution in [0.1, 0.15) is 69.2 Å². The first-order valence-corrected chi connectivity index (χ1v) is 6.12. The first-order chi connectivity index (χ1) is 7.21. The lowest BCUT2D eigenvalue weighted by Gasteiger charge is -2.53. The normalized spacial score (nSPS) is 37.1. The minimum atomic E-state index is -0.105. The lowest BCUT2D eigenvalue weighted by molar-refractivity contribution is -0.00246. The molecule has 0 heteroatoms. The maximum absolute atomic E-state index is 5.79. The molecule has 0 bridgehead atoms. The Balaban J connectivity index is 0. The lowest BCUT2D eigenvalue weighted by atomic mass is 9.49. The van der Waals surface area contributed by atoms with E-state index in [1.54, 1.807) is 0 Å². The van der Waals surface area contributed by atoms with Gasteiger partial charge in [0.2, 0.25) is 0 Å². The zero-order valence-corrected chi connectivity index (χ0v) is 11.6. The molecule has 0 saturated heterocycles. The molecule has 0 aromatic carbocycles. The van der Waals surface area contributed by atoms with Gasteiger partial charge in [0, 0.05) is 10.8 Å². The Hall–Kier alpha value is -0.880. The van der Waals surface area contributed by atoms with Gasteiger partial charge < -0.3 is 0 Å². The second kappa shape index (κ2) is 5.84. The van der Waals surface area contributed by atoms with Crippen LogP contribution in [0.5, 0.6) is 0 Å². The Labute approximate surface area is 116 Å². The largest absolute Gasteiger partial charge is 0.119 e. The molecule has 3 unspecified atom stereocenters. The van der Waals surface area contributed by atoms with Crippen molar-refractivity contribution in [1.82, 2.24) is 0 Å². The summed E-state index contributed by atoms with van der Waals surface area (Å²) in [5.41, 5.74) is 0.174. The molecule has 0 aliphatic heterocycles. The molecule has 3 atom stereocenters. The SMILES string of the molecule is C.C.C#CC1(C)CC(C)(C)C(C)CC1(C)C#CC. The number of hydrogen-bond acceptors (Lipinski definition) is 0. The topological polar surface area (TPSA) is 0 Å². The molecule has 1 aliphatic rings. The van der Waals surface area contributed by atoms with E-state index in [1.807, 2.05) is 6.92 Å². The third kappa shape index (κ3) is 2.92. The summed E-state index contributed by atoms with van der Waals surface area (Å²) < 4.78 is 0. The fourth-order valence-corrected chi connectivity index (χ4v) is 3.07. The highest BCUT2D eigenvalue weighted by atomic mass is 14.5. The molecule has 0 radical (unpaired) electrons. The summed E-state index contributed by atoms with van der Waals surface area (Å²) in [6.07, 6.45) is 7.95. The quantitative estimate of drug-likeness (QED) is 0.505. The van der Waals surface area contributed by atoms with Gasteiger partial charge in [-0.15, -0.1) is 12.3 Å². The Morgan fingerprint density at radius 2 is 1.56 bits per heavy atom. The van der Waals surface area contributed by atoms with Crippen LogP contribution >= 0.6 is 0 Å². The first kappa shape index (κ1) is 19.5. The maximum atomic E-state index is 5.79. The van der Waals surface area contributed by atoms with E-state index >= 15 is 0 Å². The molecule has 0 heterocycles. The molecule has 1 saturated carbocycles. The number of rotatable bonds is 0. The van der Waals surface area contributed by atoms with Crippen LogP contribution in [0.2, 0.25) is 0 Å². The van der Waals surface area contributed by atoms with E-state index < -0.39 is 0 Å². The van der Waals surface area contributed by atoms with Gasteiger partial charge >= 0.3 is 0 Å². The zero-order chi connectivity index (χ0) is 12.6. The summed E-state index contributed by atoms with van der Waals surface area (Å²) in [5.74, 6) is 10.1. The fourth-order valence-electron chi connectivity index (χ4n) is 3.07. The molecular weight excluding hydrogens is 216 g/mol.